The van der Waals surface area contributed by atoms with Crippen molar-refractivity contribution in [1.82, 2.24) is 0 Å². The molecule has 3 nitrogen and oxygen atoms in total. The van der Waals surface area contributed by atoms with Crippen molar-refractivity contribution in [2.45, 2.75) is 38.9 Å². The second kappa shape index (κ2) is 5.32. The van der Waals surface area contributed by atoms with Crippen molar-refractivity contribution < 1.29 is 14.3 Å². The second-order valence-corrected chi connectivity index (χ2v) is 4.30. The van der Waals surface area contributed by atoms with E-state index in [1.165, 1.54) is 0 Å². The second-order valence-electron chi connectivity index (χ2n) is 4.30. The van der Waals surface area contributed by atoms with Gasteiger partial charge in [0.15, 0.2) is 5.78 Å². The summed E-state index contributed by atoms with van der Waals surface area (Å²) >= 11 is 0. The third-order valence-corrected chi connectivity index (χ3v) is 2.75. The fourth-order valence-corrected chi connectivity index (χ4v) is 1.64. The Labute approximate surface area is 102 Å². The summed E-state index contributed by atoms with van der Waals surface area (Å²) in [6, 6.07) is 7.31. The van der Waals surface area contributed by atoms with Crippen molar-refractivity contribution in [2.75, 3.05) is 6.61 Å². The molecule has 0 N–H and O–H groups in total. The SMILES string of the molecule is CCOC(C)C(=O)c1ccc(OC2CC2)cc1. The highest BCUT2D eigenvalue weighted by atomic mass is 16.5. The largest absolute Gasteiger partial charge is 0.490 e. The Morgan fingerprint density at radius 1 is 1.35 bits per heavy atom. The highest BCUT2D eigenvalue weighted by Crippen LogP contribution is 2.26. The molecule has 1 aromatic carbocycles. The molecule has 3 heteroatoms. The lowest BCUT2D eigenvalue weighted by Gasteiger charge is -2.11. The van der Waals surface area contributed by atoms with E-state index >= 15 is 0 Å². The zero-order chi connectivity index (χ0) is 12.3. The third kappa shape index (κ3) is 3.30. The number of carbonyl (C=O) groups excluding carboxylic acids is 1. The van der Waals surface area contributed by atoms with E-state index < -0.39 is 0 Å². The molecule has 2 rings (SSSR count). The molecule has 0 amide bonds. The summed E-state index contributed by atoms with van der Waals surface area (Å²) < 4.78 is 10.9. The van der Waals surface area contributed by atoms with Crippen LogP contribution in [0.25, 0.3) is 0 Å². The van der Waals surface area contributed by atoms with Crippen LogP contribution in [0.3, 0.4) is 0 Å². The van der Waals surface area contributed by atoms with Crippen LogP contribution in [0.1, 0.15) is 37.0 Å². The maximum absolute atomic E-state index is 11.9. The number of hydrogen-bond acceptors (Lipinski definition) is 3. The van der Waals surface area contributed by atoms with E-state index in [9.17, 15) is 4.79 Å². The van der Waals surface area contributed by atoms with Gasteiger partial charge in [0.1, 0.15) is 11.9 Å². The molecule has 0 radical (unpaired) electrons. The Morgan fingerprint density at radius 3 is 2.53 bits per heavy atom. The van der Waals surface area contributed by atoms with Gasteiger partial charge in [0.05, 0.1) is 6.10 Å². The number of ether oxygens (including phenoxy) is 2. The van der Waals surface area contributed by atoms with E-state index in [4.69, 9.17) is 9.47 Å². The first kappa shape index (κ1) is 12.1. The standard InChI is InChI=1S/C14H18O3/c1-3-16-10(2)14(15)11-4-6-12(7-5-11)17-13-8-9-13/h4-7,10,13H,3,8-9H2,1-2H3. The minimum Gasteiger partial charge on any atom is -0.490 e. The number of ketones is 1. The van der Waals surface area contributed by atoms with Crippen LogP contribution >= 0.6 is 0 Å². The van der Waals surface area contributed by atoms with E-state index in [2.05, 4.69) is 0 Å². The Bertz CT molecular complexity index is 379. The van der Waals surface area contributed by atoms with Gasteiger partial charge in [0, 0.05) is 12.2 Å². The monoisotopic (exact) mass is 234 g/mol. The van der Waals surface area contributed by atoms with Gasteiger partial charge in [-0.15, -0.1) is 0 Å². The highest BCUT2D eigenvalue weighted by molar-refractivity contribution is 5.99. The maximum Gasteiger partial charge on any atom is 0.191 e. The summed E-state index contributed by atoms with van der Waals surface area (Å²) in [5.41, 5.74) is 0.675. The zero-order valence-corrected chi connectivity index (χ0v) is 10.3. The van der Waals surface area contributed by atoms with Crippen LogP contribution in [0.2, 0.25) is 0 Å². The molecular weight excluding hydrogens is 216 g/mol. The molecule has 0 bridgehead atoms. The van der Waals surface area contributed by atoms with Gasteiger partial charge in [0.2, 0.25) is 0 Å². The molecule has 1 unspecified atom stereocenters. The summed E-state index contributed by atoms with van der Waals surface area (Å²) in [7, 11) is 0. The van der Waals surface area contributed by atoms with Crippen LogP contribution in [0.15, 0.2) is 24.3 Å². The number of carbonyl (C=O) groups is 1. The van der Waals surface area contributed by atoms with Gasteiger partial charge < -0.3 is 9.47 Å². The molecule has 0 saturated heterocycles. The maximum atomic E-state index is 11.9. The predicted molar refractivity (Wildman–Crippen MR) is 65.5 cm³/mol. The Balaban J connectivity index is 1.98. The molecule has 1 aliphatic rings. The average Bonchev–Trinajstić information content (AvgIpc) is 3.13. The van der Waals surface area contributed by atoms with Crippen molar-refractivity contribution in [3.63, 3.8) is 0 Å². The summed E-state index contributed by atoms with van der Waals surface area (Å²) in [5.74, 6) is 0.859. The lowest BCUT2D eigenvalue weighted by Crippen LogP contribution is -2.20. The van der Waals surface area contributed by atoms with Crippen LogP contribution in [-0.2, 0) is 4.74 Å². The number of benzene rings is 1. The van der Waals surface area contributed by atoms with Gasteiger partial charge in [-0.05, 0) is 51.0 Å². The van der Waals surface area contributed by atoms with Gasteiger partial charge in [-0.3, -0.25) is 4.79 Å². The minimum absolute atomic E-state index is 0.0184. The first-order valence-corrected chi connectivity index (χ1v) is 6.13. The molecular formula is C14H18O3. The summed E-state index contributed by atoms with van der Waals surface area (Å²) in [5, 5.41) is 0. The summed E-state index contributed by atoms with van der Waals surface area (Å²) in [4.78, 5) is 11.9. The fraction of sp³-hybridized carbons (Fsp3) is 0.500. The molecule has 1 aromatic rings. The van der Waals surface area contributed by atoms with Crippen molar-refractivity contribution in [3.05, 3.63) is 29.8 Å². The third-order valence-electron chi connectivity index (χ3n) is 2.75. The predicted octanol–water partition coefficient (Wildman–Crippen LogP) is 2.84. The van der Waals surface area contributed by atoms with Crippen LogP contribution < -0.4 is 4.74 Å². The topological polar surface area (TPSA) is 35.5 Å². The van der Waals surface area contributed by atoms with E-state index in [0.29, 0.717) is 18.3 Å². The lowest BCUT2D eigenvalue weighted by molar-refractivity contribution is 0.0520. The van der Waals surface area contributed by atoms with Crippen molar-refractivity contribution in [2.24, 2.45) is 0 Å². The minimum atomic E-state index is -0.379. The molecule has 0 spiro atoms. The average molecular weight is 234 g/mol. The molecule has 1 saturated carbocycles. The van der Waals surface area contributed by atoms with Crippen LogP contribution in [0.5, 0.6) is 5.75 Å². The lowest BCUT2D eigenvalue weighted by atomic mass is 10.1. The number of rotatable bonds is 6. The molecule has 1 aliphatic carbocycles. The Morgan fingerprint density at radius 2 is 2.00 bits per heavy atom. The quantitative estimate of drug-likeness (QED) is 0.710. The van der Waals surface area contributed by atoms with Crippen molar-refractivity contribution in [1.29, 1.82) is 0 Å². The molecule has 0 aliphatic heterocycles. The van der Waals surface area contributed by atoms with E-state index in [0.717, 1.165) is 18.6 Å². The molecule has 0 aromatic heterocycles. The van der Waals surface area contributed by atoms with E-state index in [1.807, 2.05) is 19.1 Å². The molecule has 1 fully saturated rings. The highest BCUT2D eigenvalue weighted by Gasteiger charge is 2.23. The fourth-order valence-electron chi connectivity index (χ4n) is 1.64. The summed E-state index contributed by atoms with van der Waals surface area (Å²) in [6.07, 6.45) is 2.29. The zero-order valence-electron chi connectivity index (χ0n) is 10.3. The first-order chi connectivity index (χ1) is 8.20. The Hall–Kier alpha value is -1.35. The molecule has 0 heterocycles. The molecule has 92 valence electrons. The van der Waals surface area contributed by atoms with E-state index in [1.54, 1.807) is 19.1 Å². The van der Waals surface area contributed by atoms with Crippen LogP contribution in [0.4, 0.5) is 0 Å². The number of Topliss-reactive ketones (excluding diaryl/α,β-unsaturated/α-hetero) is 1. The van der Waals surface area contributed by atoms with Gasteiger partial charge in [0.25, 0.3) is 0 Å². The van der Waals surface area contributed by atoms with Crippen molar-refractivity contribution in [3.8, 4) is 5.75 Å². The van der Waals surface area contributed by atoms with E-state index in [-0.39, 0.29) is 11.9 Å². The van der Waals surface area contributed by atoms with Crippen LogP contribution in [-0.4, -0.2) is 24.6 Å². The van der Waals surface area contributed by atoms with Crippen molar-refractivity contribution >= 4 is 5.78 Å². The molecule has 17 heavy (non-hydrogen) atoms. The van der Waals surface area contributed by atoms with Gasteiger partial charge >= 0.3 is 0 Å². The molecule has 1 atom stereocenters. The van der Waals surface area contributed by atoms with Crippen LogP contribution in [0, 0.1) is 0 Å². The van der Waals surface area contributed by atoms with Gasteiger partial charge in [-0.25, -0.2) is 0 Å². The van der Waals surface area contributed by atoms with Gasteiger partial charge in [-0.1, -0.05) is 0 Å². The first-order valence-electron chi connectivity index (χ1n) is 6.13. The smallest absolute Gasteiger partial charge is 0.191 e. The summed E-state index contributed by atoms with van der Waals surface area (Å²) in [6.45, 7) is 4.21. The Kier molecular flexibility index (Phi) is 3.79. The normalized spacial score (nSPS) is 16.6. The number of hydrogen-bond donors (Lipinski definition) is 0. The van der Waals surface area contributed by atoms with Gasteiger partial charge in [-0.2, -0.15) is 0 Å².